The highest BCUT2D eigenvalue weighted by atomic mass is 16.4. The summed E-state index contributed by atoms with van der Waals surface area (Å²) in [5.74, 6) is 0.0603. The molecule has 0 aromatic heterocycles. The Bertz CT molecular complexity index is 571. The molecular weight excluding hydrogens is 398 g/mol. The molecule has 1 aliphatic heterocycles. The average molecular weight is 449 g/mol. The molecule has 0 aromatic rings. The zero-order valence-electron chi connectivity index (χ0n) is 20.8. The van der Waals surface area contributed by atoms with Gasteiger partial charge in [0.15, 0.2) is 6.54 Å². The lowest BCUT2D eigenvalue weighted by Crippen LogP contribution is -2.52. The third-order valence-corrected chi connectivity index (χ3v) is 6.48. The van der Waals surface area contributed by atoms with E-state index in [1.165, 1.54) is 96.3 Å². The largest absolute Gasteiger partial charge is 0.477 e. The third kappa shape index (κ3) is 13.2. The molecule has 0 radical (unpaired) electrons. The molecular formula is C27H50N3O2+. The summed E-state index contributed by atoms with van der Waals surface area (Å²) in [7, 11) is 0. The summed E-state index contributed by atoms with van der Waals surface area (Å²) in [6.07, 6.45) is 30.6. The number of rotatable bonds is 22. The molecule has 1 heterocycles. The molecule has 0 saturated heterocycles. The predicted octanol–water partition coefficient (Wildman–Crippen LogP) is 6.94. The van der Waals surface area contributed by atoms with Gasteiger partial charge in [-0.05, 0) is 12.8 Å². The maximum atomic E-state index is 11.3. The molecule has 0 aromatic carbocycles. The van der Waals surface area contributed by atoms with E-state index < -0.39 is 5.97 Å². The van der Waals surface area contributed by atoms with Gasteiger partial charge in [0, 0.05) is 6.54 Å². The summed E-state index contributed by atoms with van der Waals surface area (Å²) >= 11 is 0. The molecule has 0 fully saturated rings. The van der Waals surface area contributed by atoms with Gasteiger partial charge in [-0.1, -0.05) is 109 Å². The number of quaternary nitrogens is 1. The van der Waals surface area contributed by atoms with Crippen LogP contribution in [-0.4, -0.2) is 41.0 Å². The van der Waals surface area contributed by atoms with Crippen LogP contribution in [0.4, 0.5) is 0 Å². The van der Waals surface area contributed by atoms with E-state index in [1.54, 1.807) is 6.20 Å². The molecule has 5 heteroatoms. The Morgan fingerprint density at radius 1 is 0.906 bits per heavy atom. The zero-order valence-corrected chi connectivity index (χ0v) is 20.8. The van der Waals surface area contributed by atoms with Gasteiger partial charge < -0.3 is 10.8 Å². The van der Waals surface area contributed by atoms with Crippen molar-refractivity contribution >= 4 is 11.8 Å². The Morgan fingerprint density at radius 2 is 1.44 bits per heavy atom. The highest BCUT2D eigenvalue weighted by Crippen LogP contribution is 2.19. The average Bonchev–Trinajstić information content (AvgIpc) is 3.14. The van der Waals surface area contributed by atoms with Gasteiger partial charge in [-0.3, -0.25) is 0 Å². The second-order valence-electron chi connectivity index (χ2n) is 9.36. The number of aliphatic carboxylic acids is 1. The van der Waals surface area contributed by atoms with Gasteiger partial charge in [0.25, 0.3) is 0 Å². The fourth-order valence-electron chi connectivity index (χ4n) is 4.52. The minimum atomic E-state index is -0.820. The van der Waals surface area contributed by atoms with Gasteiger partial charge in [-0.25, -0.2) is 14.3 Å². The molecule has 1 aliphatic rings. The topological polar surface area (TPSA) is 75.7 Å². The number of carboxylic acids is 1. The minimum absolute atomic E-state index is 0.0133. The number of hydrogen-bond donors (Lipinski definition) is 2. The van der Waals surface area contributed by atoms with Crippen LogP contribution in [0.5, 0.6) is 0 Å². The number of carboxylic acid groups (broad SMARTS) is 1. The van der Waals surface area contributed by atoms with Crippen LogP contribution in [0.1, 0.15) is 116 Å². The van der Waals surface area contributed by atoms with Crippen molar-refractivity contribution in [2.24, 2.45) is 10.7 Å². The van der Waals surface area contributed by atoms with Crippen LogP contribution in [0, 0.1) is 0 Å². The van der Waals surface area contributed by atoms with Crippen LogP contribution >= 0.6 is 0 Å². The molecule has 5 nitrogen and oxygen atoms in total. The monoisotopic (exact) mass is 448 g/mol. The molecule has 3 N–H and O–H groups in total. The lowest BCUT2D eigenvalue weighted by Gasteiger charge is -2.29. The molecule has 0 bridgehead atoms. The Labute approximate surface area is 197 Å². The van der Waals surface area contributed by atoms with E-state index >= 15 is 0 Å². The van der Waals surface area contributed by atoms with E-state index in [0.717, 1.165) is 12.3 Å². The van der Waals surface area contributed by atoms with E-state index in [4.69, 9.17) is 5.73 Å². The van der Waals surface area contributed by atoms with E-state index in [9.17, 15) is 9.90 Å². The first-order valence-electron chi connectivity index (χ1n) is 13.3. The maximum Gasteiger partial charge on any atom is 0.360 e. The van der Waals surface area contributed by atoms with Gasteiger partial charge in [0.1, 0.15) is 12.7 Å². The number of aliphatic imine (C=N–C) groups is 1. The maximum absolute atomic E-state index is 11.3. The third-order valence-electron chi connectivity index (χ3n) is 6.48. The van der Waals surface area contributed by atoms with Gasteiger partial charge in [0.05, 0.1) is 12.6 Å². The fraction of sp³-hybridized carbons (Fsp3) is 0.778. The summed E-state index contributed by atoms with van der Waals surface area (Å²) in [5, 5.41) is 9.25. The highest BCUT2D eigenvalue weighted by molar-refractivity contribution is 5.82. The van der Waals surface area contributed by atoms with Crippen molar-refractivity contribution in [1.82, 2.24) is 0 Å². The Morgan fingerprint density at radius 3 is 1.94 bits per heavy atom. The number of nitrogens with zero attached hydrogens (tertiary/aromatic N) is 2. The highest BCUT2D eigenvalue weighted by Gasteiger charge is 2.36. The first kappa shape index (κ1) is 28.6. The van der Waals surface area contributed by atoms with Crippen LogP contribution in [0.25, 0.3) is 0 Å². The zero-order chi connectivity index (χ0) is 23.3. The smallest absolute Gasteiger partial charge is 0.360 e. The molecule has 184 valence electrons. The molecule has 0 spiro atoms. The number of carbonyl (C=O) groups is 1. The molecule has 0 amide bonds. The van der Waals surface area contributed by atoms with Crippen molar-refractivity contribution in [3.8, 4) is 0 Å². The van der Waals surface area contributed by atoms with Crippen molar-refractivity contribution in [2.45, 2.75) is 116 Å². The SMILES string of the molecule is CCCCCCCCCCCCCCCCC/C=C/CC1=NC=C[N+]1(CCN)CC(=O)O. The Balaban J connectivity index is 1.97. The Kier molecular flexibility index (Phi) is 17.0. The summed E-state index contributed by atoms with van der Waals surface area (Å²) in [6.45, 7) is 3.32. The predicted molar refractivity (Wildman–Crippen MR) is 137 cm³/mol. The van der Waals surface area contributed by atoms with Crippen molar-refractivity contribution in [3.63, 3.8) is 0 Å². The first-order valence-corrected chi connectivity index (χ1v) is 13.3. The molecule has 1 atom stereocenters. The van der Waals surface area contributed by atoms with Crippen LogP contribution in [0.15, 0.2) is 29.5 Å². The number of nitrogens with two attached hydrogens (primary N) is 1. The molecule has 0 saturated carbocycles. The number of allylic oxidation sites excluding steroid dienone is 1. The van der Waals surface area contributed by atoms with E-state index in [-0.39, 0.29) is 11.0 Å². The molecule has 32 heavy (non-hydrogen) atoms. The van der Waals surface area contributed by atoms with Gasteiger partial charge in [-0.2, -0.15) is 0 Å². The lowest BCUT2D eigenvalue weighted by molar-refractivity contribution is -0.777. The standard InChI is InChI=1S/C27H49N3O2/c1-2-3-4-5-6-7-8-9-10-11-12-13-14-15-16-17-18-19-20-26-29-22-24-30(26,23-21-28)25-27(31)32/h18-19,22,24H,2-17,20-21,23,25,28H2,1H3/p+1/b19-18+. The number of amidine groups is 1. The Hall–Kier alpha value is -1.46. The second kappa shape index (κ2) is 19.0. The first-order chi connectivity index (χ1) is 15.6. The van der Waals surface area contributed by atoms with Gasteiger partial charge >= 0.3 is 5.97 Å². The van der Waals surface area contributed by atoms with Gasteiger partial charge in [-0.15, -0.1) is 0 Å². The van der Waals surface area contributed by atoms with Crippen LogP contribution in [0.3, 0.4) is 0 Å². The van der Waals surface area contributed by atoms with Gasteiger partial charge in [0.2, 0.25) is 5.84 Å². The summed E-state index contributed by atoms with van der Waals surface area (Å²) in [6, 6.07) is 0. The molecule has 1 rings (SSSR count). The quantitative estimate of drug-likeness (QED) is 0.107. The molecule has 1 unspecified atom stereocenters. The van der Waals surface area contributed by atoms with Crippen LogP contribution in [0.2, 0.25) is 0 Å². The van der Waals surface area contributed by atoms with Crippen LogP contribution in [-0.2, 0) is 4.79 Å². The normalized spacial score (nSPS) is 18.0. The fourth-order valence-corrected chi connectivity index (χ4v) is 4.52. The van der Waals surface area contributed by atoms with Crippen molar-refractivity contribution in [2.75, 3.05) is 19.6 Å². The van der Waals surface area contributed by atoms with E-state index in [1.807, 2.05) is 6.20 Å². The minimum Gasteiger partial charge on any atom is -0.477 e. The van der Waals surface area contributed by atoms with Crippen molar-refractivity contribution in [1.29, 1.82) is 0 Å². The van der Waals surface area contributed by atoms with Crippen molar-refractivity contribution < 1.29 is 14.4 Å². The summed E-state index contributed by atoms with van der Waals surface area (Å²) in [4.78, 5) is 15.7. The molecule has 0 aliphatic carbocycles. The van der Waals surface area contributed by atoms with Crippen LogP contribution < -0.4 is 5.73 Å². The van der Waals surface area contributed by atoms with Crippen molar-refractivity contribution in [3.05, 3.63) is 24.6 Å². The number of unbranched alkanes of at least 4 members (excludes halogenated alkanes) is 15. The summed E-state index contributed by atoms with van der Waals surface area (Å²) < 4.78 is 0.259. The summed E-state index contributed by atoms with van der Waals surface area (Å²) in [5.41, 5.74) is 5.71. The lowest BCUT2D eigenvalue weighted by atomic mass is 10.0. The number of hydrogen-bond acceptors (Lipinski definition) is 3. The van der Waals surface area contributed by atoms with E-state index in [0.29, 0.717) is 19.5 Å². The second-order valence-corrected chi connectivity index (χ2v) is 9.36. The van der Waals surface area contributed by atoms with E-state index in [2.05, 4.69) is 24.1 Å².